The van der Waals surface area contributed by atoms with Crippen LogP contribution in [0.3, 0.4) is 0 Å². The molecule has 0 heterocycles. The second-order valence-electron chi connectivity index (χ2n) is 5.62. The Kier molecular flexibility index (Phi) is 6.29. The van der Waals surface area contributed by atoms with Crippen LogP contribution in [0.15, 0.2) is 41.3 Å². The molecule has 28 heavy (non-hydrogen) atoms. The van der Waals surface area contributed by atoms with Crippen LogP contribution in [0.4, 0.5) is 20.2 Å². The Labute approximate surface area is 159 Å². The molecule has 2 aromatic carbocycles. The maximum absolute atomic E-state index is 14.2. The van der Waals surface area contributed by atoms with Crippen LogP contribution in [0.5, 0.6) is 0 Å². The largest absolute Gasteiger partial charge is 0.465 e. The van der Waals surface area contributed by atoms with E-state index in [1.54, 1.807) is 0 Å². The van der Waals surface area contributed by atoms with Crippen molar-refractivity contribution in [2.75, 3.05) is 17.5 Å². The Morgan fingerprint density at radius 2 is 1.89 bits per heavy atom. The van der Waals surface area contributed by atoms with E-state index in [1.165, 1.54) is 19.9 Å². The molecule has 2 rings (SSSR count). The van der Waals surface area contributed by atoms with Crippen LogP contribution in [-0.2, 0) is 19.6 Å². The van der Waals surface area contributed by atoms with Gasteiger partial charge < -0.3 is 4.74 Å². The number of anilines is 1. The SMILES string of the molecule is CCOC(=O)CN(c1ccc(F)cc1F)S(=O)(=O)c1ccc(C)c([N+](=O)[O-])c1. The van der Waals surface area contributed by atoms with Crippen molar-refractivity contribution in [3.8, 4) is 0 Å². The fraction of sp³-hybridized carbons (Fsp3) is 0.235. The quantitative estimate of drug-likeness (QED) is 0.392. The number of carbonyl (C=O) groups excluding carboxylic acids is 1. The number of benzene rings is 2. The molecule has 0 fully saturated rings. The van der Waals surface area contributed by atoms with Gasteiger partial charge in [-0.25, -0.2) is 17.2 Å². The number of nitrogens with zero attached hydrogens (tertiary/aromatic N) is 2. The molecular weight excluding hydrogens is 398 g/mol. The third-order valence-corrected chi connectivity index (χ3v) is 5.48. The van der Waals surface area contributed by atoms with Crippen molar-refractivity contribution < 1.29 is 31.7 Å². The summed E-state index contributed by atoms with van der Waals surface area (Å²) in [5, 5.41) is 11.1. The maximum Gasteiger partial charge on any atom is 0.326 e. The van der Waals surface area contributed by atoms with E-state index >= 15 is 0 Å². The highest BCUT2D eigenvalue weighted by Gasteiger charge is 2.31. The highest BCUT2D eigenvalue weighted by molar-refractivity contribution is 7.92. The predicted molar refractivity (Wildman–Crippen MR) is 95.4 cm³/mol. The van der Waals surface area contributed by atoms with Crippen LogP contribution in [-0.4, -0.2) is 32.5 Å². The molecule has 0 saturated heterocycles. The van der Waals surface area contributed by atoms with Crippen molar-refractivity contribution in [2.45, 2.75) is 18.7 Å². The first kappa shape index (κ1) is 21.2. The molecule has 0 radical (unpaired) electrons. The summed E-state index contributed by atoms with van der Waals surface area (Å²) >= 11 is 0. The molecule has 0 aromatic heterocycles. The zero-order chi connectivity index (χ0) is 21.1. The molecule has 0 aliphatic rings. The molecule has 0 amide bonds. The zero-order valence-corrected chi connectivity index (χ0v) is 15.7. The average molecular weight is 414 g/mol. The second kappa shape index (κ2) is 8.30. The average Bonchev–Trinajstić information content (AvgIpc) is 2.60. The van der Waals surface area contributed by atoms with Gasteiger partial charge in [-0.15, -0.1) is 0 Å². The number of aryl methyl sites for hydroxylation is 1. The molecule has 8 nitrogen and oxygen atoms in total. The third kappa shape index (κ3) is 4.42. The van der Waals surface area contributed by atoms with Gasteiger partial charge >= 0.3 is 5.97 Å². The maximum atomic E-state index is 14.2. The number of halogens is 2. The van der Waals surface area contributed by atoms with Gasteiger partial charge in [-0.1, -0.05) is 6.07 Å². The molecular formula is C17H16F2N2O6S. The van der Waals surface area contributed by atoms with E-state index in [0.717, 1.165) is 24.3 Å². The number of nitro groups is 1. The van der Waals surface area contributed by atoms with Crippen molar-refractivity contribution in [1.29, 1.82) is 0 Å². The lowest BCUT2D eigenvalue weighted by molar-refractivity contribution is -0.385. The number of sulfonamides is 1. The van der Waals surface area contributed by atoms with Gasteiger partial charge in [0.25, 0.3) is 15.7 Å². The molecule has 0 bridgehead atoms. The van der Waals surface area contributed by atoms with Gasteiger partial charge in [-0.2, -0.15) is 0 Å². The summed E-state index contributed by atoms with van der Waals surface area (Å²) in [7, 11) is -4.61. The summed E-state index contributed by atoms with van der Waals surface area (Å²) in [5.74, 6) is -3.15. The lowest BCUT2D eigenvalue weighted by Crippen LogP contribution is -2.37. The smallest absolute Gasteiger partial charge is 0.326 e. The first-order chi connectivity index (χ1) is 13.1. The molecule has 0 unspecified atom stereocenters. The van der Waals surface area contributed by atoms with E-state index in [4.69, 9.17) is 4.74 Å². The Bertz CT molecular complexity index is 1030. The summed E-state index contributed by atoms with van der Waals surface area (Å²) in [6.45, 7) is 1.97. The minimum atomic E-state index is -4.61. The molecule has 0 aliphatic heterocycles. The van der Waals surface area contributed by atoms with Gasteiger partial charge in [0.05, 0.1) is 22.1 Å². The zero-order valence-electron chi connectivity index (χ0n) is 14.9. The molecule has 150 valence electrons. The Hall–Kier alpha value is -3.08. The third-order valence-electron chi connectivity index (χ3n) is 3.72. The number of rotatable bonds is 7. The van der Waals surface area contributed by atoms with Gasteiger partial charge in [0.1, 0.15) is 18.2 Å². The summed E-state index contributed by atoms with van der Waals surface area (Å²) in [6, 6.07) is 5.25. The lowest BCUT2D eigenvalue weighted by atomic mass is 10.2. The van der Waals surface area contributed by atoms with Gasteiger partial charge in [0, 0.05) is 17.7 Å². The van der Waals surface area contributed by atoms with Crippen LogP contribution >= 0.6 is 0 Å². The van der Waals surface area contributed by atoms with Crippen molar-refractivity contribution in [1.82, 2.24) is 0 Å². The van der Waals surface area contributed by atoms with Gasteiger partial charge in [0.15, 0.2) is 0 Å². The normalized spacial score (nSPS) is 11.1. The summed E-state index contributed by atoms with van der Waals surface area (Å²) in [5.41, 5.74) is -0.844. The highest BCUT2D eigenvalue weighted by Crippen LogP contribution is 2.29. The van der Waals surface area contributed by atoms with Gasteiger partial charge in [0.2, 0.25) is 0 Å². The minimum absolute atomic E-state index is 0.0470. The monoisotopic (exact) mass is 414 g/mol. The molecule has 11 heteroatoms. The second-order valence-corrected chi connectivity index (χ2v) is 7.48. The molecule has 2 aromatic rings. The number of ether oxygens (including phenoxy) is 1. The van der Waals surface area contributed by atoms with Crippen LogP contribution in [0, 0.1) is 28.7 Å². The van der Waals surface area contributed by atoms with Gasteiger partial charge in [-0.05, 0) is 32.0 Å². The number of nitro benzene ring substituents is 1. The molecule has 0 saturated carbocycles. The van der Waals surface area contributed by atoms with Crippen LogP contribution in [0.2, 0.25) is 0 Å². The molecule has 0 N–H and O–H groups in total. The number of hydrogen-bond acceptors (Lipinski definition) is 6. The van der Waals surface area contributed by atoms with E-state index < -0.39 is 55.4 Å². The number of esters is 1. The van der Waals surface area contributed by atoms with Crippen molar-refractivity contribution in [3.05, 3.63) is 63.7 Å². The Balaban J connectivity index is 2.62. The predicted octanol–water partition coefficient (Wildman–Crippen LogP) is 2.94. The first-order valence-corrected chi connectivity index (χ1v) is 9.40. The fourth-order valence-electron chi connectivity index (χ4n) is 2.38. The summed E-state index contributed by atoms with van der Waals surface area (Å²) in [6.07, 6.45) is 0. The summed E-state index contributed by atoms with van der Waals surface area (Å²) < 4.78 is 58.6. The van der Waals surface area contributed by atoms with Crippen LogP contribution in [0.1, 0.15) is 12.5 Å². The highest BCUT2D eigenvalue weighted by atomic mass is 32.2. The first-order valence-electron chi connectivity index (χ1n) is 7.96. The van der Waals surface area contributed by atoms with E-state index in [1.807, 2.05) is 0 Å². The van der Waals surface area contributed by atoms with Crippen molar-refractivity contribution in [3.63, 3.8) is 0 Å². The Morgan fingerprint density at radius 1 is 1.21 bits per heavy atom. The van der Waals surface area contributed by atoms with Crippen LogP contribution < -0.4 is 4.31 Å². The van der Waals surface area contributed by atoms with Gasteiger partial charge in [-0.3, -0.25) is 19.2 Å². The Morgan fingerprint density at radius 3 is 2.46 bits per heavy atom. The number of carbonyl (C=O) groups is 1. The number of hydrogen-bond donors (Lipinski definition) is 0. The molecule has 0 spiro atoms. The fourth-order valence-corrected chi connectivity index (χ4v) is 3.82. The molecule has 0 aliphatic carbocycles. The molecule has 0 atom stereocenters. The standard InChI is InChI=1S/C17H16F2N2O6S/c1-3-27-17(22)10-20(15-7-5-12(18)8-14(15)19)28(25,26)13-6-4-11(2)16(9-13)21(23)24/h4-9H,3,10H2,1-2H3. The minimum Gasteiger partial charge on any atom is -0.465 e. The van der Waals surface area contributed by atoms with E-state index in [-0.39, 0.29) is 12.2 Å². The van der Waals surface area contributed by atoms with E-state index in [0.29, 0.717) is 10.4 Å². The van der Waals surface area contributed by atoms with E-state index in [9.17, 15) is 32.1 Å². The topological polar surface area (TPSA) is 107 Å². The van der Waals surface area contributed by atoms with Crippen molar-refractivity contribution >= 4 is 27.4 Å². The van der Waals surface area contributed by atoms with E-state index in [2.05, 4.69) is 0 Å². The van der Waals surface area contributed by atoms with Crippen molar-refractivity contribution in [2.24, 2.45) is 0 Å². The lowest BCUT2D eigenvalue weighted by Gasteiger charge is -2.24. The summed E-state index contributed by atoms with van der Waals surface area (Å²) in [4.78, 5) is 21.7. The van der Waals surface area contributed by atoms with Crippen LogP contribution in [0.25, 0.3) is 0 Å².